The van der Waals surface area contributed by atoms with E-state index in [0.29, 0.717) is 18.1 Å². The summed E-state index contributed by atoms with van der Waals surface area (Å²) in [6, 6.07) is 7.08. The minimum atomic E-state index is 0.420. The van der Waals surface area contributed by atoms with Crippen LogP contribution in [-0.2, 0) is 4.79 Å². The summed E-state index contributed by atoms with van der Waals surface area (Å²) >= 11 is 0. The Morgan fingerprint density at radius 2 is 1.93 bits per heavy atom. The molecule has 0 aliphatic rings. The molecule has 1 radical (unpaired) electrons. The average Bonchev–Trinajstić information content (AvgIpc) is 2.27. The van der Waals surface area contributed by atoms with Crippen LogP contribution in [-0.4, -0.2) is 13.1 Å². The van der Waals surface area contributed by atoms with Crippen LogP contribution in [0.5, 0.6) is 11.5 Å². The molecule has 1 rings (SSSR count). The molecule has 0 saturated carbocycles. The first-order valence-corrected chi connectivity index (χ1v) is 5.14. The summed E-state index contributed by atoms with van der Waals surface area (Å²) < 4.78 is 10.2. The van der Waals surface area contributed by atoms with Crippen molar-refractivity contribution in [3.8, 4) is 11.5 Å². The van der Waals surface area contributed by atoms with Crippen molar-refractivity contribution in [2.24, 2.45) is 0 Å². The first-order chi connectivity index (χ1) is 7.38. The fraction of sp³-hybridized carbons (Fsp3) is 0.417. The molecule has 0 spiro atoms. The van der Waals surface area contributed by atoms with Gasteiger partial charge in [0.2, 0.25) is 0 Å². The molecule has 0 aliphatic carbocycles. The van der Waals surface area contributed by atoms with Crippen LogP contribution in [0.3, 0.4) is 0 Å². The molecule has 0 N–H and O–H groups in total. The Morgan fingerprint density at radius 1 is 1.20 bits per heavy atom. The highest BCUT2D eigenvalue weighted by molar-refractivity contribution is 5.51. The molecule has 1 aromatic rings. The van der Waals surface area contributed by atoms with Crippen molar-refractivity contribution in [2.75, 3.05) is 6.61 Å². The van der Waals surface area contributed by atoms with E-state index in [1.807, 2.05) is 6.07 Å². The second-order valence-electron chi connectivity index (χ2n) is 3.19. The van der Waals surface area contributed by atoms with Crippen molar-refractivity contribution < 1.29 is 14.3 Å². The molecule has 0 fully saturated rings. The van der Waals surface area contributed by atoms with Crippen molar-refractivity contribution >= 4 is 6.47 Å². The minimum Gasteiger partial charge on any atom is -0.490 e. The zero-order valence-corrected chi connectivity index (χ0v) is 8.86. The van der Waals surface area contributed by atoms with Gasteiger partial charge in [0.1, 0.15) is 0 Å². The Bertz CT molecular complexity index is 297. The largest absolute Gasteiger partial charge is 0.490 e. The van der Waals surface area contributed by atoms with Gasteiger partial charge in [-0.1, -0.05) is 31.9 Å². The van der Waals surface area contributed by atoms with Crippen LogP contribution < -0.4 is 9.47 Å². The summed E-state index contributed by atoms with van der Waals surface area (Å²) in [6.45, 7) is 4.18. The zero-order chi connectivity index (χ0) is 10.9. The highest BCUT2D eigenvalue weighted by Crippen LogP contribution is 2.25. The number of hydrogen-bond donors (Lipinski definition) is 0. The number of unbranched alkanes of at least 4 members (excludes halogenated alkanes) is 2. The lowest BCUT2D eigenvalue weighted by Crippen LogP contribution is -1.99. The maximum Gasteiger partial charge on any atom is 0.423 e. The predicted molar refractivity (Wildman–Crippen MR) is 57.8 cm³/mol. The quantitative estimate of drug-likeness (QED) is 0.645. The van der Waals surface area contributed by atoms with Gasteiger partial charge in [-0.25, -0.2) is 4.79 Å². The molecule has 0 aliphatic heterocycles. The van der Waals surface area contributed by atoms with Crippen LogP contribution in [0, 0.1) is 0 Å². The summed E-state index contributed by atoms with van der Waals surface area (Å²) in [6.07, 6.45) is 3.31. The minimum absolute atomic E-state index is 0.420. The Morgan fingerprint density at radius 3 is 2.60 bits per heavy atom. The Balaban J connectivity index is 2.47. The van der Waals surface area contributed by atoms with Crippen LogP contribution in [0.15, 0.2) is 24.3 Å². The molecule has 0 amide bonds. The van der Waals surface area contributed by atoms with Crippen molar-refractivity contribution in [1.82, 2.24) is 0 Å². The third-order valence-corrected chi connectivity index (χ3v) is 2.01. The topological polar surface area (TPSA) is 35.5 Å². The molecule has 3 heteroatoms. The molecule has 0 heterocycles. The van der Waals surface area contributed by atoms with Gasteiger partial charge in [-0.2, -0.15) is 0 Å². The molecule has 0 saturated heterocycles. The Kier molecular flexibility index (Phi) is 5.30. The van der Waals surface area contributed by atoms with Crippen LogP contribution in [0.25, 0.3) is 0 Å². The molecule has 81 valence electrons. The normalized spacial score (nSPS) is 9.67. The second kappa shape index (κ2) is 6.87. The molecule has 1 aromatic carbocycles. The first-order valence-electron chi connectivity index (χ1n) is 5.14. The smallest absolute Gasteiger partial charge is 0.423 e. The van der Waals surface area contributed by atoms with Gasteiger partial charge < -0.3 is 9.47 Å². The molecule has 3 nitrogen and oxygen atoms in total. The van der Waals surface area contributed by atoms with Crippen molar-refractivity contribution in [1.29, 1.82) is 0 Å². The van der Waals surface area contributed by atoms with Gasteiger partial charge in [0.05, 0.1) is 6.61 Å². The Hall–Kier alpha value is -1.51. The molecule has 0 bridgehead atoms. The van der Waals surface area contributed by atoms with Crippen molar-refractivity contribution in [3.05, 3.63) is 24.3 Å². The standard InChI is InChI=1S/C12H15O3/c1-2-3-6-9-14-11-7-4-5-8-12(11)15-10-13/h4-5,7-8H,2-3,6,9H2,1H3. The van der Waals surface area contributed by atoms with Crippen molar-refractivity contribution in [2.45, 2.75) is 26.2 Å². The van der Waals surface area contributed by atoms with Crippen LogP contribution in [0.1, 0.15) is 26.2 Å². The number of hydrogen-bond acceptors (Lipinski definition) is 3. The SMILES string of the molecule is CCCCCOc1ccccc1O[C]=O. The zero-order valence-electron chi connectivity index (χ0n) is 8.86. The predicted octanol–water partition coefficient (Wildman–Crippen LogP) is 2.70. The summed E-state index contributed by atoms with van der Waals surface area (Å²) in [5.74, 6) is 1.01. The van der Waals surface area contributed by atoms with Gasteiger partial charge in [-0.3, -0.25) is 0 Å². The van der Waals surface area contributed by atoms with Gasteiger partial charge in [-0.05, 0) is 18.6 Å². The molecule has 15 heavy (non-hydrogen) atoms. The maximum atomic E-state index is 10.1. The van der Waals surface area contributed by atoms with E-state index >= 15 is 0 Å². The van der Waals surface area contributed by atoms with Crippen LogP contribution >= 0.6 is 0 Å². The number of ether oxygens (including phenoxy) is 2. The first kappa shape index (κ1) is 11.6. The van der Waals surface area contributed by atoms with Crippen molar-refractivity contribution in [3.63, 3.8) is 0 Å². The van der Waals surface area contributed by atoms with E-state index in [4.69, 9.17) is 4.74 Å². The van der Waals surface area contributed by atoms with E-state index in [1.165, 1.54) is 6.47 Å². The molecular weight excluding hydrogens is 192 g/mol. The van der Waals surface area contributed by atoms with Gasteiger partial charge >= 0.3 is 6.47 Å². The van der Waals surface area contributed by atoms with Gasteiger partial charge in [-0.15, -0.1) is 0 Å². The van der Waals surface area contributed by atoms with E-state index in [0.717, 1.165) is 19.3 Å². The lowest BCUT2D eigenvalue weighted by molar-refractivity contribution is 0.294. The molecular formula is C12H15O3. The Labute approximate surface area is 90.0 Å². The lowest BCUT2D eigenvalue weighted by atomic mass is 10.2. The van der Waals surface area contributed by atoms with E-state index in [2.05, 4.69) is 11.7 Å². The summed E-state index contributed by atoms with van der Waals surface area (Å²) in [5.41, 5.74) is 0. The highest BCUT2D eigenvalue weighted by Gasteiger charge is 2.03. The second-order valence-corrected chi connectivity index (χ2v) is 3.19. The van der Waals surface area contributed by atoms with Gasteiger partial charge in [0, 0.05) is 0 Å². The van der Waals surface area contributed by atoms with E-state index < -0.39 is 0 Å². The van der Waals surface area contributed by atoms with Crippen LogP contribution in [0.4, 0.5) is 0 Å². The van der Waals surface area contributed by atoms with Gasteiger partial charge in [0.25, 0.3) is 0 Å². The molecule has 0 aromatic heterocycles. The fourth-order valence-corrected chi connectivity index (χ4v) is 1.23. The molecule has 0 atom stereocenters. The van der Waals surface area contributed by atoms with E-state index in [1.54, 1.807) is 18.2 Å². The van der Waals surface area contributed by atoms with E-state index in [9.17, 15) is 4.79 Å². The number of para-hydroxylation sites is 2. The summed E-state index contributed by atoms with van der Waals surface area (Å²) in [4.78, 5) is 10.1. The molecule has 0 unspecified atom stereocenters. The number of carbonyl (C=O) groups excluding carboxylic acids is 1. The maximum absolute atomic E-state index is 10.1. The monoisotopic (exact) mass is 207 g/mol. The highest BCUT2D eigenvalue weighted by atomic mass is 16.5. The fourth-order valence-electron chi connectivity index (χ4n) is 1.23. The van der Waals surface area contributed by atoms with Crippen LogP contribution in [0.2, 0.25) is 0 Å². The summed E-state index contributed by atoms with van der Waals surface area (Å²) in [5, 5.41) is 0. The van der Waals surface area contributed by atoms with Gasteiger partial charge in [0.15, 0.2) is 11.5 Å². The number of rotatable bonds is 7. The average molecular weight is 207 g/mol. The summed E-state index contributed by atoms with van der Waals surface area (Å²) in [7, 11) is 0. The number of benzene rings is 1. The third kappa shape index (κ3) is 4.02. The lowest BCUT2D eigenvalue weighted by Gasteiger charge is -2.08. The third-order valence-electron chi connectivity index (χ3n) is 2.01. The van der Waals surface area contributed by atoms with E-state index in [-0.39, 0.29) is 0 Å².